The molecule has 1 unspecified atom stereocenters. The fourth-order valence-electron chi connectivity index (χ4n) is 9.59. The maximum absolute atomic E-state index is 14.4. The van der Waals surface area contributed by atoms with E-state index < -0.39 is 101 Å². The number of Topliss-reactive ketones (excluding diaryl/α,β-unsaturated/α-hetero) is 1. The summed E-state index contributed by atoms with van der Waals surface area (Å²) in [5.41, 5.74) is -3.17. The quantitative estimate of drug-likeness (QED) is 0.185. The van der Waals surface area contributed by atoms with Crippen molar-refractivity contribution < 1.29 is 58.4 Å². The molecule has 3 fully saturated rings. The van der Waals surface area contributed by atoms with Gasteiger partial charge in [-0.2, -0.15) is 0 Å². The average molecular weight is 786 g/mol. The van der Waals surface area contributed by atoms with E-state index >= 15 is 0 Å². The van der Waals surface area contributed by atoms with Gasteiger partial charge in [0.1, 0.15) is 29.7 Å². The van der Waals surface area contributed by atoms with Gasteiger partial charge in [0.15, 0.2) is 6.29 Å². The van der Waals surface area contributed by atoms with E-state index in [2.05, 4.69) is 11.5 Å². The van der Waals surface area contributed by atoms with Crippen molar-refractivity contribution >= 4 is 11.8 Å². The Morgan fingerprint density at radius 3 is 2.07 bits per heavy atom. The minimum absolute atomic E-state index is 0.135. The molecule has 320 valence electrons. The zero-order valence-electron chi connectivity index (χ0n) is 36.1. The van der Waals surface area contributed by atoms with E-state index in [0.29, 0.717) is 13.0 Å². The van der Waals surface area contributed by atoms with E-state index in [4.69, 9.17) is 28.4 Å². The van der Waals surface area contributed by atoms with Crippen molar-refractivity contribution in [2.24, 2.45) is 29.6 Å². The molecule has 0 aromatic heterocycles. The first kappa shape index (κ1) is 47.9. The van der Waals surface area contributed by atoms with Crippen molar-refractivity contribution in [1.29, 1.82) is 0 Å². The van der Waals surface area contributed by atoms with Crippen LogP contribution >= 0.6 is 0 Å². The normalized spacial score (nSPS) is 46.9. The van der Waals surface area contributed by atoms with Gasteiger partial charge in [0, 0.05) is 51.0 Å². The Bertz CT molecular complexity index is 1300. The molecule has 3 aliphatic rings. The fraction of sp³-hybridized carbons (Fsp3) is 0.905. The Hall–Kier alpha value is -1.52. The number of rotatable bonds is 10. The van der Waals surface area contributed by atoms with Gasteiger partial charge in [-0.25, -0.2) is 0 Å². The first-order valence-corrected chi connectivity index (χ1v) is 20.3. The van der Waals surface area contributed by atoms with Crippen LogP contribution in [0.2, 0.25) is 0 Å². The van der Waals surface area contributed by atoms with Crippen LogP contribution in [0.25, 0.3) is 0 Å². The molecular weight excluding hydrogens is 710 g/mol. The number of ether oxygens (including phenoxy) is 6. The summed E-state index contributed by atoms with van der Waals surface area (Å²) >= 11 is 0. The van der Waals surface area contributed by atoms with E-state index in [9.17, 15) is 30.0 Å². The Kier molecular flexibility index (Phi) is 16.6. The lowest BCUT2D eigenvalue weighted by Gasteiger charge is -2.52. The number of aliphatic hydroxyl groups is 4. The van der Waals surface area contributed by atoms with Crippen LogP contribution in [0, 0.1) is 29.6 Å². The number of carbonyl (C=O) groups excluding carboxylic acids is 2. The zero-order chi connectivity index (χ0) is 42.0. The Labute approximate surface area is 330 Å². The summed E-state index contributed by atoms with van der Waals surface area (Å²) < 4.78 is 38.3. The fourth-order valence-corrected chi connectivity index (χ4v) is 9.59. The summed E-state index contributed by atoms with van der Waals surface area (Å²) in [6.45, 7) is 24.2. The minimum atomic E-state index is -1.95. The van der Waals surface area contributed by atoms with Crippen LogP contribution in [0.5, 0.6) is 0 Å². The standard InChI is InChI=1S/C42H75NO12/c1-16-31-42(12,49)35(46)27(8)33(44)23(4)20-41(11,51-15)37(55-39-34(45)29(19-24(5)52-39)43(13)18-17-22(2)3)25(6)32(26(7)38(48)54-31)30-21-40(10,50-14)36(47)28(9)53-30/h23-32,34-37,39,45-47,49H,2,16-21H2,1,3-15H3/t23-,24-,25+,26-,27+,28+,29+,30-,31-,32?,34-,35-,36+,37-,39+,40-,41-,42-/m1/s1. The number of methoxy groups -OCH3 is 2. The highest BCUT2D eigenvalue weighted by molar-refractivity contribution is 5.83. The van der Waals surface area contributed by atoms with Gasteiger partial charge in [-0.1, -0.05) is 40.2 Å². The van der Waals surface area contributed by atoms with Gasteiger partial charge < -0.3 is 53.7 Å². The molecule has 3 aliphatic heterocycles. The van der Waals surface area contributed by atoms with Gasteiger partial charge in [-0.15, -0.1) is 6.58 Å². The van der Waals surface area contributed by atoms with Crippen LogP contribution in [-0.2, 0) is 38.0 Å². The van der Waals surface area contributed by atoms with Gasteiger partial charge in [-0.05, 0) is 80.2 Å². The number of nitrogens with zero attached hydrogens (tertiary/aromatic N) is 1. The van der Waals surface area contributed by atoms with Crippen LogP contribution in [0.4, 0.5) is 0 Å². The van der Waals surface area contributed by atoms with E-state index in [0.717, 1.165) is 12.0 Å². The average Bonchev–Trinajstić information content (AvgIpc) is 3.13. The lowest BCUT2D eigenvalue weighted by molar-refractivity contribution is -0.305. The maximum Gasteiger partial charge on any atom is 0.309 e. The molecule has 0 aliphatic carbocycles. The second-order valence-electron chi connectivity index (χ2n) is 17.9. The minimum Gasteiger partial charge on any atom is -0.459 e. The van der Waals surface area contributed by atoms with E-state index in [1.165, 1.54) is 21.1 Å². The van der Waals surface area contributed by atoms with E-state index in [1.807, 2.05) is 41.7 Å². The Balaban J connectivity index is 2.26. The second-order valence-corrected chi connectivity index (χ2v) is 17.9. The molecule has 0 bridgehead atoms. The SMILES string of the molecule is C=C(C)CCN(C)[C@H]1C[C@@H](C)O[C@@H](O[C@@H]2[C@@H](C)C([C@H]3C[C@@](C)(OC)[C@@H](O)[C@H](C)O3)[C@@H](C)C(=O)O[C@H](CC)[C@@](C)(O)[C@H](O)[C@@H](C)C(=O)[C@H](C)C[C@@]2(C)OC)[C@@H]1O. The Morgan fingerprint density at radius 1 is 0.927 bits per heavy atom. The predicted molar refractivity (Wildman–Crippen MR) is 208 cm³/mol. The van der Waals surface area contributed by atoms with Gasteiger partial charge in [-0.3, -0.25) is 9.59 Å². The van der Waals surface area contributed by atoms with Crippen molar-refractivity contribution in [3.05, 3.63) is 12.2 Å². The van der Waals surface area contributed by atoms with Crippen LogP contribution in [0.15, 0.2) is 12.2 Å². The molecule has 4 N–H and O–H groups in total. The molecule has 55 heavy (non-hydrogen) atoms. The first-order valence-electron chi connectivity index (χ1n) is 20.3. The first-order chi connectivity index (χ1) is 25.4. The molecule has 3 heterocycles. The molecule has 3 rings (SSSR count). The number of carbonyl (C=O) groups is 2. The second kappa shape index (κ2) is 19.0. The molecular formula is C42H75NO12. The number of esters is 1. The number of aliphatic hydroxyl groups excluding tert-OH is 3. The summed E-state index contributed by atoms with van der Waals surface area (Å²) in [4.78, 5) is 30.6. The van der Waals surface area contributed by atoms with Crippen molar-refractivity contribution in [2.45, 2.75) is 186 Å². The summed E-state index contributed by atoms with van der Waals surface area (Å²) in [6.07, 6.45) is -6.48. The summed E-state index contributed by atoms with van der Waals surface area (Å²) in [5, 5.41) is 46.4. The highest BCUT2D eigenvalue weighted by atomic mass is 16.7. The number of likely N-dealkylation sites (N-methyl/N-ethyl adjacent to an activating group) is 1. The number of ketones is 1. The molecule has 13 heteroatoms. The molecule has 0 radical (unpaired) electrons. The molecule has 18 atom stereocenters. The lowest BCUT2D eigenvalue weighted by atomic mass is 9.67. The monoisotopic (exact) mass is 786 g/mol. The number of cyclic esters (lactones) is 1. The molecule has 0 amide bonds. The van der Waals surface area contributed by atoms with Gasteiger partial charge >= 0.3 is 5.97 Å². The van der Waals surface area contributed by atoms with Crippen LogP contribution < -0.4 is 0 Å². The van der Waals surface area contributed by atoms with Gasteiger partial charge in [0.2, 0.25) is 0 Å². The molecule has 0 spiro atoms. The van der Waals surface area contributed by atoms with Crippen molar-refractivity contribution in [2.75, 3.05) is 27.8 Å². The summed E-state index contributed by atoms with van der Waals surface area (Å²) in [5.74, 6) is -4.79. The molecule has 3 saturated heterocycles. The van der Waals surface area contributed by atoms with Crippen molar-refractivity contribution in [1.82, 2.24) is 4.90 Å². The predicted octanol–water partition coefficient (Wildman–Crippen LogP) is 4.05. The third kappa shape index (κ3) is 10.4. The molecule has 0 saturated carbocycles. The lowest BCUT2D eigenvalue weighted by Crippen LogP contribution is -2.62. The van der Waals surface area contributed by atoms with Crippen LogP contribution in [0.1, 0.15) is 108 Å². The largest absolute Gasteiger partial charge is 0.459 e. The van der Waals surface area contributed by atoms with Crippen molar-refractivity contribution in [3.8, 4) is 0 Å². The number of hydrogen-bond acceptors (Lipinski definition) is 13. The summed E-state index contributed by atoms with van der Waals surface area (Å²) in [7, 11) is 5.04. The number of hydrogen-bond donors (Lipinski definition) is 4. The van der Waals surface area contributed by atoms with Crippen LogP contribution in [-0.4, -0.2) is 143 Å². The van der Waals surface area contributed by atoms with Gasteiger partial charge in [0.25, 0.3) is 0 Å². The summed E-state index contributed by atoms with van der Waals surface area (Å²) in [6, 6.07) is -0.298. The maximum atomic E-state index is 14.4. The molecule has 0 aromatic rings. The topological polar surface area (TPSA) is 174 Å². The Morgan fingerprint density at radius 2 is 1.53 bits per heavy atom. The van der Waals surface area contributed by atoms with Crippen LogP contribution in [0.3, 0.4) is 0 Å². The van der Waals surface area contributed by atoms with E-state index in [1.54, 1.807) is 34.6 Å². The highest BCUT2D eigenvalue weighted by Crippen LogP contribution is 2.46. The smallest absolute Gasteiger partial charge is 0.309 e. The van der Waals surface area contributed by atoms with Gasteiger partial charge in [0.05, 0.1) is 47.6 Å². The van der Waals surface area contributed by atoms with E-state index in [-0.39, 0.29) is 37.2 Å². The third-order valence-electron chi connectivity index (χ3n) is 13.4. The zero-order valence-corrected chi connectivity index (χ0v) is 36.1. The van der Waals surface area contributed by atoms with Crippen molar-refractivity contribution in [3.63, 3.8) is 0 Å². The third-order valence-corrected chi connectivity index (χ3v) is 13.4. The molecule has 0 aromatic carbocycles. The highest BCUT2D eigenvalue weighted by Gasteiger charge is 2.56. The molecule has 13 nitrogen and oxygen atoms in total.